The van der Waals surface area contributed by atoms with Crippen molar-refractivity contribution >= 4 is 24.7 Å². The molecule has 188 valence electrons. The highest BCUT2D eigenvalue weighted by molar-refractivity contribution is 6.98. The van der Waals surface area contributed by atoms with Gasteiger partial charge in [-0.1, -0.05) is 93.9 Å². The molecular weight excluding hydrogens is 452 g/mol. The van der Waals surface area contributed by atoms with Gasteiger partial charge in [0.05, 0.1) is 12.2 Å². The van der Waals surface area contributed by atoms with Crippen molar-refractivity contribution in [2.24, 2.45) is 0 Å². The van der Waals surface area contributed by atoms with E-state index in [0.29, 0.717) is 6.42 Å². The normalized spacial score (nSPS) is 23.0. The third-order valence-electron chi connectivity index (χ3n) is 7.96. The van der Waals surface area contributed by atoms with Crippen molar-refractivity contribution < 1.29 is 19.1 Å². The fourth-order valence-electron chi connectivity index (χ4n) is 5.79. The summed E-state index contributed by atoms with van der Waals surface area (Å²) in [4.78, 5) is 23.6. The van der Waals surface area contributed by atoms with Crippen LogP contribution in [0.5, 0.6) is 0 Å². The van der Waals surface area contributed by atoms with Crippen LogP contribution < -0.4 is 10.4 Å². The monoisotopic (exact) mass is 492 g/mol. The maximum atomic E-state index is 12.3. The summed E-state index contributed by atoms with van der Waals surface area (Å²) in [6, 6.07) is 20.5. The Hall–Kier alpha value is -2.21. The van der Waals surface area contributed by atoms with Gasteiger partial charge >= 0.3 is 5.97 Å². The van der Waals surface area contributed by atoms with E-state index in [9.17, 15) is 9.59 Å². The molecule has 0 bridgehead atoms. The van der Waals surface area contributed by atoms with Crippen LogP contribution in [-0.2, 0) is 14.3 Å². The van der Waals surface area contributed by atoms with E-state index in [1.54, 1.807) is 0 Å². The number of hydrogen-bond acceptors (Lipinski definition) is 4. The summed E-state index contributed by atoms with van der Waals surface area (Å²) < 4.78 is 11.7. The van der Waals surface area contributed by atoms with Crippen LogP contribution in [0.25, 0.3) is 0 Å². The van der Waals surface area contributed by atoms with Crippen LogP contribution in [0.3, 0.4) is 0 Å². The van der Waals surface area contributed by atoms with Gasteiger partial charge in [-0.3, -0.25) is 4.79 Å². The summed E-state index contributed by atoms with van der Waals surface area (Å²) in [5.41, 5.74) is 1.18. The largest absolute Gasteiger partial charge is 0.462 e. The first kappa shape index (κ1) is 25.9. The topological polar surface area (TPSA) is 55.8 Å². The first-order valence-corrected chi connectivity index (χ1v) is 15.1. The zero-order valence-corrected chi connectivity index (χ0v) is 22.2. The van der Waals surface area contributed by atoms with E-state index < -0.39 is 8.32 Å². The predicted molar refractivity (Wildman–Crippen MR) is 143 cm³/mol. The summed E-state index contributed by atoms with van der Waals surface area (Å²) >= 11 is 0. The van der Waals surface area contributed by atoms with Crippen molar-refractivity contribution in [2.75, 3.05) is 0 Å². The molecule has 5 heteroatoms. The molecule has 2 aliphatic heterocycles. The lowest BCUT2D eigenvalue weighted by Crippen LogP contribution is -2.65. The maximum absolute atomic E-state index is 12.3. The second-order valence-electron chi connectivity index (χ2n) is 10.9. The molecule has 0 aromatic heterocycles. The Morgan fingerprint density at radius 3 is 2.14 bits per heavy atom. The number of ether oxygens (including phenoxy) is 2. The number of cyclic esters (lactones) is 1. The Kier molecular flexibility index (Phi) is 8.30. The Morgan fingerprint density at radius 1 is 0.943 bits per heavy atom. The van der Waals surface area contributed by atoms with Gasteiger partial charge in [-0.2, -0.15) is 0 Å². The minimum absolute atomic E-state index is 0.0531. The molecule has 2 aromatic carbocycles. The first-order valence-electron chi connectivity index (χ1n) is 13.2. The second kappa shape index (κ2) is 11.2. The molecule has 0 unspecified atom stereocenters. The molecule has 2 saturated heterocycles. The molecule has 2 aromatic rings. The Bertz CT molecular complexity index is 948. The summed E-state index contributed by atoms with van der Waals surface area (Å²) in [7, 11) is -2.94. The molecule has 35 heavy (non-hydrogen) atoms. The van der Waals surface area contributed by atoms with Gasteiger partial charge in [-0.05, 0) is 59.5 Å². The average molecular weight is 493 g/mol. The van der Waals surface area contributed by atoms with Gasteiger partial charge < -0.3 is 14.3 Å². The smallest absolute Gasteiger partial charge is 0.306 e. The Balaban J connectivity index is 1.30. The van der Waals surface area contributed by atoms with Crippen LogP contribution in [-0.4, -0.2) is 37.4 Å². The molecular formula is C30H40O4Si. The van der Waals surface area contributed by atoms with Gasteiger partial charge in [-0.25, -0.2) is 0 Å². The van der Waals surface area contributed by atoms with E-state index in [2.05, 4.69) is 44.7 Å². The van der Waals surface area contributed by atoms with E-state index >= 15 is 0 Å². The molecule has 2 heterocycles. The zero-order chi connectivity index (χ0) is 24.9. The average Bonchev–Trinajstić information content (AvgIpc) is 3.45. The zero-order valence-electron chi connectivity index (χ0n) is 21.2. The van der Waals surface area contributed by atoms with Crippen molar-refractivity contribution in [3.05, 3.63) is 72.8 Å². The maximum Gasteiger partial charge on any atom is 0.306 e. The molecule has 0 aliphatic carbocycles. The number of carbonyl (C=O) groups is 1. The summed E-state index contributed by atoms with van der Waals surface area (Å²) in [5.74, 6) is -0.0727. The lowest BCUT2D eigenvalue weighted by atomic mass is 9.99. The predicted octanol–water partition coefficient (Wildman–Crippen LogP) is 5.28. The minimum atomic E-state index is -2.94. The van der Waals surface area contributed by atoms with Crippen molar-refractivity contribution in [1.29, 1.82) is 0 Å². The minimum Gasteiger partial charge on any atom is -0.462 e. The molecule has 0 radical (unpaired) electrons. The second-order valence-corrected chi connectivity index (χ2v) is 14.8. The first-order chi connectivity index (χ1) is 16.8. The van der Waals surface area contributed by atoms with Gasteiger partial charge in [-0.15, -0.1) is 0 Å². The van der Waals surface area contributed by atoms with Crippen LogP contribution in [0.1, 0.15) is 71.6 Å². The third kappa shape index (κ3) is 5.96. The lowest BCUT2D eigenvalue weighted by Gasteiger charge is -2.41. The summed E-state index contributed by atoms with van der Waals surface area (Å²) in [5, 5.41) is 1.93. The molecule has 0 spiro atoms. The highest BCUT2D eigenvalue weighted by atomic mass is 28.4. The summed E-state index contributed by atoms with van der Waals surface area (Å²) in [6.07, 6.45) is 8.50. The molecule has 2 aliphatic rings. The van der Waals surface area contributed by atoms with Crippen molar-refractivity contribution in [3.63, 3.8) is 0 Å². The quantitative estimate of drug-likeness (QED) is 0.201. The van der Waals surface area contributed by atoms with E-state index in [1.165, 1.54) is 5.57 Å². The third-order valence-corrected chi connectivity index (χ3v) is 12.5. The highest BCUT2D eigenvalue weighted by Crippen LogP contribution is 2.41. The van der Waals surface area contributed by atoms with Crippen LogP contribution in [0.2, 0.25) is 5.04 Å². The van der Waals surface area contributed by atoms with Crippen LogP contribution in [0.4, 0.5) is 0 Å². The number of benzene rings is 2. The van der Waals surface area contributed by atoms with E-state index in [0.717, 1.165) is 61.7 Å². The highest BCUT2D eigenvalue weighted by Gasteiger charge is 2.49. The molecule has 0 saturated carbocycles. The Morgan fingerprint density at radius 2 is 1.57 bits per heavy atom. The van der Waals surface area contributed by atoms with E-state index in [1.807, 2.05) is 36.4 Å². The molecule has 0 amide bonds. The Labute approximate surface area is 211 Å². The number of rotatable bonds is 11. The molecule has 2 fully saturated rings. The molecule has 4 nitrogen and oxygen atoms in total. The van der Waals surface area contributed by atoms with E-state index in [-0.39, 0.29) is 29.3 Å². The van der Waals surface area contributed by atoms with Crippen molar-refractivity contribution in [2.45, 2.75) is 95.0 Å². The number of hydrogen-bond donors (Lipinski definition) is 1. The van der Waals surface area contributed by atoms with Gasteiger partial charge in [0.15, 0.2) is 0 Å². The molecule has 3 atom stereocenters. The van der Waals surface area contributed by atoms with Gasteiger partial charge in [0.1, 0.15) is 6.10 Å². The van der Waals surface area contributed by atoms with Crippen LogP contribution in [0.15, 0.2) is 72.8 Å². The van der Waals surface area contributed by atoms with Gasteiger partial charge in [0, 0.05) is 6.42 Å². The molecule has 1 N–H and O–H groups in total. The van der Waals surface area contributed by atoms with Crippen molar-refractivity contribution in [3.8, 4) is 0 Å². The van der Waals surface area contributed by atoms with E-state index in [4.69, 9.17) is 9.47 Å². The fourth-order valence-corrected chi connectivity index (χ4v) is 9.58. The molecule has 4 rings (SSSR count). The standard InChI is InChI=1S/C30H40O4Si/c1-23-22-25(33-28(23)19-17-24-18-20-29(31)34-24)12-10-11-21-30(2,3)35(32,26-13-6-4-7-14-26)27-15-8-5-9-16-27/h4-9,13-16,24-25,28,32H,1,10-12,17-22H2,2-3H3/t24-,25+,28+/m1/s1. The lowest BCUT2D eigenvalue weighted by molar-refractivity contribution is -0.141. The van der Waals surface area contributed by atoms with Gasteiger partial charge in [0.2, 0.25) is 0 Å². The number of carbonyl (C=O) groups excluding carboxylic acids is 1. The number of esters is 1. The number of unbranched alkanes of at least 4 members (excludes halogenated alkanes) is 1. The summed E-state index contributed by atoms with van der Waals surface area (Å²) in [6.45, 7) is 8.72. The fraction of sp³-hybridized carbons (Fsp3) is 0.500. The van der Waals surface area contributed by atoms with Crippen LogP contribution >= 0.6 is 0 Å². The van der Waals surface area contributed by atoms with Gasteiger partial charge in [0.25, 0.3) is 8.32 Å². The van der Waals surface area contributed by atoms with Crippen molar-refractivity contribution in [1.82, 2.24) is 0 Å². The SMILES string of the molecule is C=C1C[C@H](CCCCC(C)(C)[Si](O)(c2ccccc2)c2ccccc2)O[C@H]1CC[C@@H]1CCC(=O)O1. The van der Waals surface area contributed by atoms with Crippen LogP contribution in [0, 0.1) is 0 Å².